The summed E-state index contributed by atoms with van der Waals surface area (Å²) in [5.41, 5.74) is 2.90. The Kier molecular flexibility index (Phi) is 5.33. The van der Waals surface area contributed by atoms with E-state index < -0.39 is 0 Å². The SMILES string of the molecule is COc1cccc(-c2ccc(NC(=O)NC[C@@H]3CCCO3)cc2)c1. The minimum Gasteiger partial charge on any atom is -0.497 e. The fourth-order valence-corrected chi connectivity index (χ4v) is 2.74. The molecule has 126 valence electrons. The van der Waals surface area contributed by atoms with Gasteiger partial charge in [0.05, 0.1) is 13.2 Å². The third kappa shape index (κ3) is 4.26. The molecule has 0 bridgehead atoms. The van der Waals surface area contributed by atoms with Gasteiger partial charge in [0.25, 0.3) is 0 Å². The summed E-state index contributed by atoms with van der Waals surface area (Å²) in [6, 6.07) is 15.4. The first-order valence-electron chi connectivity index (χ1n) is 8.15. The van der Waals surface area contributed by atoms with Crippen LogP contribution in [0.15, 0.2) is 48.5 Å². The number of ether oxygens (including phenoxy) is 2. The first kappa shape index (κ1) is 16.3. The fourth-order valence-electron chi connectivity index (χ4n) is 2.74. The van der Waals surface area contributed by atoms with E-state index >= 15 is 0 Å². The van der Waals surface area contributed by atoms with Crippen LogP contribution in [0.4, 0.5) is 10.5 Å². The van der Waals surface area contributed by atoms with E-state index in [1.165, 1.54) is 0 Å². The molecule has 24 heavy (non-hydrogen) atoms. The fraction of sp³-hybridized carbons (Fsp3) is 0.316. The summed E-state index contributed by atoms with van der Waals surface area (Å²) < 4.78 is 10.7. The van der Waals surface area contributed by atoms with E-state index in [9.17, 15) is 4.79 Å². The topological polar surface area (TPSA) is 59.6 Å². The normalized spacial score (nSPS) is 16.6. The van der Waals surface area contributed by atoms with Crippen molar-refractivity contribution in [3.05, 3.63) is 48.5 Å². The number of amides is 2. The molecule has 1 heterocycles. The monoisotopic (exact) mass is 326 g/mol. The first-order chi connectivity index (χ1) is 11.7. The van der Waals surface area contributed by atoms with Crippen molar-refractivity contribution in [3.8, 4) is 16.9 Å². The smallest absolute Gasteiger partial charge is 0.319 e. The summed E-state index contributed by atoms with van der Waals surface area (Å²) in [4.78, 5) is 11.9. The zero-order valence-electron chi connectivity index (χ0n) is 13.7. The molecule has 0 aromatic heterocycles. The van der Waals surface area contributed by atoms with Gasteiger partial charge in [0, 0.05) is 18.8 Å². The highest BCUT2D eigenvalue weighted by atomic mass is 16.5. The van der Waals surface area contributed by atoms with E-state index in [-0.39, 0.29) is 12.1 Å². The number of anilines is 1. The van der Waals surface area contributed by atoms with Gasteiger partial charge in [-0.05, 0) is 48.2 Å². The predicted molar refractivity (Wildman–Crippen MR) is 94.4 cm³/mol. The van der Waals surface area contributed by atoms with Crippen molar-refractivity contribution in [1.29, 1.82) is 0 Å². The molecular weight excluding hydrogens is 304 g/mol. The van der Waals surface area contributed by atoms with Gasteiger partial charge in [-0.1, -0.05) is 24.3 Å². The zero-order chi connectivity index (χ0) is 16.8. The lowest BCUT2D eigenvalue weighted by Crippen LogP contribution is -2.34. The third-order valence-corrected chi connectivity index (χ3v) is 4.06. The second-order valence-electron chi connectivity index (χ2n) is 5.78. The first-order valence-corrected chi connectivity index (χ1v) is 8.15. The van der Waals surface area contributed by atoms with Gasteiger partial charge in [0.15, 0.2) is 0 Å². The third-order valence-electron chi connectivity index (χ3n) is 4.06. The number of nitrogens with one attached hydrogen (secondary N) is 2. The van der Waals surface area contributed by atoms with Crippen LogP contribution in [0.1, 0.15) is 12.8 Å². The summed E-state index contributed by atoms with van der Waals surface area (Å²) in [5.74, 6) is 0.822. The van der Waals surface area contributed by atoms with Crippen LogP contribution in [0, 0.1) is 0 Å². The maximum atomic E-state index is 11.9. The van der Waals surface area contributed by atoms with Gasteiger partial charge in [0.1, 0.15) is 5.75 Å². The Balaban J connectivity index is 1.56. The van der Waals surface area contributed by atoms with Crippen molar-refractivity contribution in [1.82, 2.24) is 5.32 Å². The molecule has 5 nitrogen and oxygen atoms in total. The van der Waals surface area contributed by atoms with Crippen molar-refractivity contribution < 1.29 is 14.3 Å². The van der Waals surface area contributed by atoms with Crippen molar-refractivity contribution in [3.63, 3.8) is 0 Å². The summed E-state index contributed by atoms with van der Waals surface area (Å²) in [5, 5.41) is 5.68. The number of carbonyl (C=O) groups is 1. The van der Waals surface area contributed by atoms with Crippen LogP contribution >= 0.6 is 0 Å². The molecule has 0 radical (unpaired) electrons. The molecule has 1 atom stereocenters. The average molecular weight is 326 g/mol. The average Bonchev–Trinajstić information content (AvgIpc) is 3.14. The van der Waals surface area contributed by atoms with Gasteiger partial charge in [-0.3, -0.25) is 0 Å². The molecule has 1 aliphatic rings. The molecule has 1 fully saturated rings. The Hall–Kier alpha value is -2.53. The molecule has 1 saturated heterocycles. The van der Waals surface area contributed by atoms with Gasteiger partial charge in [-0.2, -0.15) is 0 Å². The van der Waals surface area contributed by atoms with E-state index in [0.29, 0.717) is 6.54 Å². The van der Waals surface area contributed by atoms with Crippen LogP contribution in [-0.2, 0) is 4.74 Å². The van der Waals surface area contributed by atoms with Gasteiger partial charge >= 0.3 is 6.03 Å². The quantitative estimate of drug-likeness (QED) is 0.881. The Labute approximate surface area is 142 Å². The van der Waals surface area contributed by atoms with Gasteiger partial charge in [-0.15, -0.1) is 0 Å². The second kappa shape index (κ2) is 7.84. The number of carbonyl (C=O) groups excluding carboxylic acids is 1. The molecule has 0 spiro atoms. The molecule has 2 amide bonds. The maximum Gasteiger partial charge on any atom is 0.319 e. The standard InChI is InChI=1S/C19H22N2O3/c1-23-17-5-2-4-15(12-17)14-7-9-16(10-8-14)21-19(22)20-13-18-6-3-11-24-18/h2,4-5,7-10,12,18H,3,6,11,13H2,1H3,(H2,20,21,22)/t18-/m0/s1. The summed E-state index contributed by atoms with van der Waals surface area (Å²) >= 11 is 0. The largest absolute Gasteiger partial charge is 0.497 e. The lowest BCUT2D eigenvalue weighted by Gasteiger charge is -2.12. The molecule has 1 aliphatic heterocycles. The molecule has 2 aromatic carbocycles. The van der Waals surface area contributed by atoms with Gasteiger partial charge < -0.3 is 20.1 Å². The van der Waals surface area contributed by atoms with Crippen LogP contribution in [0.2, 0.25) is 0 Å². The molecule has 2 aromatic rings. The molecule has 5 heteroatoms. The Morgan fingerprint density at radius 2 is 2.04 bits per heavy atom. The lowest BCUT2D eigenvalue weighted by molar-refractivity contribution is 0.112. The van der Waals surface area contributed by atoms with E-state index in [1.54, 1.807) is 7.11 Å². The van der Waals surface area contributed by atoms with Crippen molar-refractivity contribution >= 4 is 11.7 Å². The minimum atomic E-state index is -0.209. The Morgan fingerprint density at radius 1 is 1.21 bits per heavy atom. The van der Waals surface area contributed by atoms with Gasteiger partial charge in [0.2, 0.25) is 0 Å². The van der Waals surface area contributed by atoms with Crippen molar-refractivity contribution in [2.45, 2.75) is 18.9 Å². The van der Waals surface area contributed by atoms with E-state index in [1.807, 2.05) is 48.5 Å². The number of hydrogen-bond acceptors (Lipinski definition) is 3. The molecule has 0 saturated carbocycles. The molecule has 0 aliphatic carbocycles. The minimum absolute atomic E-state index is 0.145. The van der Waals surface area contributed by atoms with Crippen LogP contribution in [0.25, 0.3) is 11.1 Å². The predicted octanol–water partition coefficient (Wildman–Crippen LogP) is 3.66. The van der Waals surface area contributed by atoms with Crippen molar-refractivity contribution in [2.75, 3.05) is 25.6 Å². The Bertz CT molecular complexity index is 679. The summed E-state index contributed by atoms with van der Waals surface area (Å²) in [7, 11) is 1.65. The number of rotatable bonds is 5. The zero-order valence-corrected chi connectivity index (χ0v) is 13.7. The highest BCUT2D eigenvalue weighted by Crippen LogP contribution is 2.25. The van der Waals surface area contributed by atoms with Crippen molar-refractivity contribution in [2.24, 2.45) is 0 Å². The van der Waals surface area contributed by atoms with Crippen LogP contribution in [0.5, 0.6) is 5.75 Å². The summed E-state index contributed by atoms with van der Waals surface area (Å²) in [6.45, 7) is 1.34. The summed E-state index contributed by atoms with van der Waals surface area (Å²) in [6.07, 6.45) is 2.22. The van der Waals surface area contributed by atoms with Crippen LogP contribution in [-0.4, -0.2) is 32.4 Å². The molecule has 2 N–H and O–H groups in total. The Morgan fingerprint density at radius 3 is 2.75 bits per heavy atom. The number of hydrogen-bond donors (Lipinski definition) is 2. The highest BCUT2D eigenvalue weighted by Gasteiger charge is 2.16. The second-order valence-corrected chi connectivity index (χ2v) is 5.78. The number of benzene rings is 2. The van der Waals surface area contributed by atoms with E-state index in [0.717, 1.165) is 42.0 Å². The molecule has 0 unspecified atom stereocenters. The maximum absolute atomic E-state index is 11.9. The lowest BCUT2D eigenvalue weighted by atomic mass is 10.1. The number of urea groups is 1. The van der Waals surface area contributed by atoms with Crippen LogP contribution in [0.3, 0.4) is 0 Å². The number of methoxy groups -OCH3 is 1. The highest BCUT2D eigenvalue weighted by molar-refractivity contribution is 5.89. The molecule has 3 rings (SSSR count). The van der Waals surface area contributed by atoms with Crippen LogP contribution < -0.4 is 15.4 Å². The van der Waals surface area contributed by atoms with E-state index in [4.69, 9.17) is 9.47 Å². The van der Waals surface area contributed by atoms with Gasteiger partial charge in [-0.25, -0.2) is 4.79 Å². The van der Waals surface area contributed by atoms with E-state index in [2.05, 4.69) is 10.6 Å². The molecular formula is C19H22N2O3.